The lowest BCUT2D eigenvalue weighted by Gasteiger charge is -2.35. The highest BCUT2D eigenvalue weighted by molar-refractivity contribution is 9.10. The second kappa shape index (κ2) is 5.97. The molecule has 1 aliphatic heterocycles. The standard InChI is InChI=1S/C13H16BrNO2S/c1-17-12(16)13(5-7-18-8-6-13)15-11-4-2-3-10(14)9-11/h2-4,9,15H,5-8H2,1H3. The van der Waals surface area contributed by atoms with E-state index in [0.29, 0.717) is 0 Å². The summed E-state index contributed by atoms with van der Waals surface area (Å²) in [7, 11) is 1.45. The number of anilines is 1. The van der Waals surface area contributed by atoms with Crippen molar-refractivity contribution in [3.63, 3.8) is 0 Å². The van der Waals surface area contributed by atoms with Crippen LogP contribution in [0.4, 0.5) is 5.69 Å². The molecule has 0 spiro atoms. The number of esters is 1. The van der Waals surface area contributed by atoms with Gasteiger partial charge in [0.15, 0.2) is 0 Å². The molecule has 0 saturated carbocycles. The Morgan fingerprint density at radius 2 is 2.17 bits per heavy atom. The maximum absolute atomic E-state index is 12.1. The molecular formula is C13H16BrNO2S. The van der Waals surface area contributed by atoms with E-state index < -0.39 is 5.54 Å². The first kappa shape index (κ1) is 13.7. The number of thioether (sulfide) groups is 1. The summed E-state index contributed by atoms with van der Waals surface area (Å²) in [5, 5.41) is 3.37. The van der Waals surface area contributed by atoms with Crippen LogP contribution in [-0.4, -0.2) is 30.1 Å². The second-order valence-corrected chi connectivity index (χ2v) is 6.46. The van der Waals surface area contributed by atoms with Crippen molar-refractivity contribution < 1.29 is 9.53 Å². The Morgan fingerprint density at radius 1 is 1.44 bits per heavy atom. The molecule has 0 radical (unpaired) electrons. The van der Waals surface area contributed by atoms with Crippen molar-refractivity contribution >= 4 is 39.3 Å². The molecule has 1 aliphatic rings. The minimum Gasteiger partial charge on any atom is -0.467 e. The molecule has 1 saturated heterocycles. The molecule has 0 aromatic heterocycles. The predicted molar refractivity (Wildman–Crippen MR) is 79.1 cm³/mol. The maximum atomic E-state index is 12.1. The first-order chi connectivity index (χ1) is 8.66. The van der Waals surface area contributed by atoms with E-state index in [4.69, 9.17) is 4.74 Å². The number of carbonyl (C=O) groups excluding carboxylic acids is 1. The van der Waals surface area contributed by atoms with E-state index in [9.17, 15) is 4.79 Å². The summed E-state index contributed by atoms with van der Waals surface area (Å²) in [4.78, 5) is 12.1. The summed E-state index contributed by atoms with van der Waals surface area (Å²) in [6.45, 7) is 0. The fourth-order valence-corrected chi connectivity index (χ4v) is 3.73. The Bertz CT molecular complexity index is 433. The van der Waals surface area contributed by atoms with Crippen LogP contribution in [0.3, 0.4) is 0 Å². The Labute approximate surface area is 120 Å². The molecule has 1 fully saturated rings. The highest BCUT2D eigenvalue weighted by Crippen LogP contribution is 2.32. The highest BCUT2D eigenvalue weighted by Gasteiger charge is 2.40. The van der Waals surface area contributed by atoms with Gasteiger partial charge in [-0.2, -0.15) is 11.8 Å². The van der Waals surface area contributed by atoms with Crippen molar-refractivity contribution in [1.82, 2.24) is 0 Å². The molecule has 0 aliphatic carbocycles. The molecule has 1 aromatic carbocycles. The number of hydrogen-bond acceptors (Lipinski definition) is 4. The molecule has 0 unspecified atom stereocenters. The fourth-order valence-electron chi connectivity index (χ4n) is 2.14. The van der Waals surface area contributed by atoms with E-state index in [0.717, 1.165) is 34.5 Å². The number of nitrogens with one attached hydrogen (secondary N) is 1. The van der Waals surface area contributed by atoms with Crippen LogP contribution in [0.15, 0.2) is 28.7 Å². The van der Waals surface area contributed by atoms with Crippen molar-refractivity contribution in [1.29, 1.82) is 0 Å². The van der Waals surface area contributed by atoms with Gasteiger partial charge in [-0.15, -0.1) is 0 Å². The largest absolute Gasteiger partial charge is 0.467 e. The van der Waals surface area contributed by atoms with Crippen molar-refractivity contribution in [3.8, 4) is 0 Å². The third-order valence-electron chi connectivity index (χ3n) is 3.13. The first-order valence-corrected chi connectivity index (χ1v) is 7.81. The fraction of sp³-hybridized carbons (Fsp3) is 0.462. The van der Waals surface area contributed by atoms with E-state index in [2.05, 4.69) is 21.2 Å². The second-order valence-electron chi connectivity index (χ2n) is 4.32. The quantitative estimate of drug-likeness (QED) is 0.863. The van der Waals surface area contributed by atoms with Crippen molar-refractivity contribution in [2.24, 2.45) is 0 Å². The predicted octanol–water partition coefficient (Wildman–Crippen LogP) is 3.30. The molecule has 1 heterocycles. The first-order valence-electron chi connectivity index (χ1n) is 5.86. The lowest BCUT2D eigenvalue weighted by atomic mass is 9.92. The topological polar surface area (TPSA) is 38.3 Å². The SMILES string of the molecule is COC(=O)C1(Nc2cccc(Br)c2)CCSCC1. The van der Waals surface area contributed by atoms with Gasteiger partial charge in [0.25, 0.3) is 0 Å². The van der Waals surface area contributed by atoms with Crippen molar-refractivity contribution in [2.75, 3.05) is 23.9 Å². The zero-order valence-corrected chi connectivity index (χ0v) is 12.6. The van der Waals surface area contributed by atoms with E-state index in [1.54, 1.807) is 0 Å². The number of hydrogen-bond donors (Lipinski definition) is 1. The molecule has 0 bridgehead atoms. The van der Waals surface area contributed by atoms with Gasteiger partial charge in [0.2, 0.25) is 0 Å². The van der Waals surface area contributed by atoms with E-state index in [1.165, 1.54) is 7.11 Å². The van der Waals surface area contributed by atoms with Crippen LogP contribution in [-0.2, 0) is 9.53 Å². The summed E-state index contributed by atoms with van der Waals surface area (Å²) in [5.74, 6) is 1.80. The van der Waals surface area contributed by atoms with Gasteiger partial charge in [0, 0.05) is 10.2 Å². The van der Waals surface area contributed by atoms with E-state index in [-0.39, 0.29) is 5.97 Å². The molecule has 5 heteroatoms. The van der Waals surface area contributed by atoms with E-state index >= 15 is 0 Å². The highest BCUT2D eigenvalue weighted by atomic mass is 79.9. The smallest absolute Gasteiger partial charge is 0.331 e. The van der Waals surface area contributed by atoms with Crippen LogP contribution in [0.5, 0.6) is 0 Å². The number of ether oxygens (including phenoxy) is 1. The van der Waals surface area contributed by atoms with Crippen molar-refractivity contribution in [3.05, 3.63) is 28.7 Å². The van der Waals surface area contributed by atoms with Crippen LogP contribution in [0, 0.1) is 0 Å². The summed E-state index contributed by atoms with van der Waals surface area (Å²) >= 11 is 5.32. The van der Waals surface area contributed by atoms with Crippen LogP contribution < -0.4 is 5.32 Å². The number of carbonyl (C=O) groups is 1. The van der Waals surface area contributed by atoms with Gasteiger partial charge in [-0.05, 0) is 42.5 Å². The molecule has 3 nitrogen and oxygen atoms in total. The Kier molecular flexibility index (Phi) is 4.56. The third kappa shape index (κ3) is 3.01. The normalized spacial score (nSPS) is 18.1. The minimum atomic E-state index is -0.569. The monoisotopic (exact) mass is 329 g/mol. The zero-order valence-electron chi connectivity index (χ0n) is 10.2. The summed E-state index contributed by atoms with van der Waals surface area (Å²) in [5.41, 5.74) is 0.377. The van der Waals surface area contributed by atoms with Crippen molar-refractivity contribution in [2.45, 2.75) is 18.4 Å². The molecule has 0 amide bonds. The van der Waals surface area contributed by atoms with Crippen LogP contribution in [0.2, 0.25) is 0 Å². The number of rotatable bonds is 3. The minimum absolute atomic E-state index is 0.164. The van der Waals surface area contributed by atoms with Gasteiger partial charge >= 0.3 is 5.97 Å². The average Bonchev–Trinajstić information content (AvgIpc) is 2.39. The lowest BCUT2D eigenvalue weighted by molar-refractivity contribution is -0.146. The van der Waals surface area contributed by atoms with Gasteiger partial charge in [0.05, 0.1) is 7.11 Å². The number of benzene rings is 1. The summed E-state index contributed by atoms with van der Waals surface area (Å²) in [6.07, 6.45) is 1.60. The Morgan fingerprint density at radius 3 is 2.78 bits per heavy atom. The number of halogens is 1. The van der Waals surface area contributed by atoms with Gasteiger partial charge in [0.1, 0.15) is 5.54 Å². The molecule has 98 valence electrons. The van der Waals surface area contributed by atoms with Gasteiger partial charge in [-0.1, -0.05) is 22.0 Å². The van der Waals surface area contributed by atoms with Gasteiger partial charge in [-0.3, -0.25) is 0 Å². The number of methoxy groups -OCH3 is 1. The average molecular weight is 330 g/mol. The van der Waals surface area contributed by atoms with Crippen LogP contribution in [0.25, 0.3) is 0 Å². The molecule has 1 N–H and O–H groups in total. The summed E-state index contributed by atoms with van der Waals surface area (Å²) in [6, 6.07) is 7.87. The van der Waals surface area contributed by atoms with Crippen LogP contribution >= 0.6 is 27.7 Å². The molecular weight excluding hydrogens is 314 g/mol. The van der Waals surface area contributed by atoms with Crippen LogP contribution in [0.1, 0.15) is 12.8 Å². The molecule has 2 rings (SSSR count). The van der Waals surface area contributed by atoms with Gasteiger partial charge < -0.3 is 10.1 Å². The van der Waals surface area contributed by atoms with E-state index in [1.807, 2.05) is 36.0 Å². The van der Waals surface area contributed by atoms with Gasteiger partial charge in [-0.25, -0.2) is 4.79 Å². The maximum Gasteiger partial charge on any atom is 0.331 e. The molecule has 18 heavy (non-hydrogen) atoms. The molecule has 1 aromatic rings. The Balaban J connectivity index is 2.22. The Hall–Kier alpha value is -0.680. The zero-order chi connectivity index (χ0) is 13.0. The third-order valence-corrected chi connectivity index (χ3v) is 4.61. The summed E-state index contributed by atoms with van der Waals surface area (Å²) < 4.78 is 5.97. The molecule has 0 atom stereocenters. The lowest BCUT2D eigenvalue weighted by Crippen LogP contribution is -2.49.